The van der Waals surface area contributed by atoms with Crippen LogP contribution in [0.25, 0.3) is 22.3 Å². The molecule has 4 aromatic rings. The molecule has 38 heavy (non-hydrogen) atoms. The number of hydrogen-bond acceptors (Lipinski definition) is 7. The quantitative estimate of drug-likeness (QED) is 0.311. The summed E-state index contributed by atoms with van der Waals surface area (Å²) in [5.41, 5.74) is 0.209. The minimum Gasteiger partial charge on any atom is -0.378 e. The number of nitrogens with zero attached hydrogens (tertiary/aromatic N) is 3. The topological polar surface area (TPSA) is 131 Å². The highest BCUT2D eigenvalue weighted by Crippen LogP contribution is 2.34. The molecule has 1 atom stereocenters. The number of rotatable bonds is 7. The third kappa shape index (κ3) is 5.69. The van der Waals surface area contributed by atoms with Gasteiger partial charge in [-0.25, -0.2) is 26.2 Å². The van der Waals surface area contributed by atoms with E-state index in [1.165, 1.54) is 24.4 Å². The van der Waals surface area contributed by atoms with Gasteiger partial charge in [0, 0.05) is 23.2 Å². The van der Waals surface area contributed by atoms with Crippen molar-refractivity contribution in [2.75, 3.05) is 11.1 Å². The Hall–Kier alpha value is -3.42. The lowest BCUT2D eigenvalue weighted by atomic mass is 9.87. The predicted molar refractivity (Wildman–Crippen MR) is 140 cm³/mol. The van der Waals surface area contributed by atoms with Crippen molar-refractivity contribution in [3.8, 4) is 11.3 Å². The van der Waals surface area contributed by atoms with Crippen LogP contribution in [-0.2, 0) is 20.1 Å². The number of aromatic nitrogens is 3. The molecule has 0 fully saturated rings. The molecule has 1 aromatic carbocycles. The SMILES string of the molecule is Cc1ccc(S(=O)(=O)n2cc(-c3cc(NC(CS(=O)(=O)O)C(C)(C)C)c(F)cn3)c3cc(F)cnc32)cc1. The Morgan fingerprint density at radius 1 is 1.03 bits per heavy atom. The van der Waals surface area contributed by atoms with Gasteiger partial charge in [0.05, 0.1) is 34.4 Å². The third-order valence-electron chi connectivity index (χ3n) is 6.04. The number of halogens is 2. The summed E-state index contributed by atoms with van der Waals surface area (Å²) in [6, 6.07) is 7.64. The van der Waals surface area contributed by atoms with Crippen LogP contribution in [0.3, 0.4) is 0 Å². The minimum atomic E-state index is -4.40. The molecule has 0 bridgehead atoms. The Bertz CT molecular complexity index is 1730. The molecular weight excluding hydrogens is 538 g/mol. The zero-order chi connectivity index (χ0) is 28.0. The van der Waals surface area contributed by atoms with E-state index in [4.69, 9.17) is 0 Å². The maximum absolute atomic E-state index is 14.8. The minimum absolute atomic E-state index is 0.00896. The lowest BCUT2D eigenvalue weighted by Crippen LogP contribution is -2.40. The van der Waals surface area contributed by atoms with Crippen molar-refractivity contribution < 1.29 is 30.2 Å². The molecule has 0 saturated heterocycles. The molecule has 0 aliphatic rings. The van der Waals surface area contributed by atoms with Crippen molar-refractivity contribution in [2.24, 2.45) is 5.41 Å². The Morgan fingerprint density at radius 2 is 1.68 bits per heavy atom. The Balaban J connectivity index is 1.87. The fraction of sp³-hybridized carbons (Fsp3) is 0.280. The van der Waals surface area contributed by atoms with Gasteiger partial charge in [0.2, 0.25) is 0 Å². The zero-order valence-electron chi connectivity index (χ0n) is 21.0. The van der Waals surface area contributed by atoms with Gasteiger partial charge in [-0.05, 0) is 36.6 Å². The first kappa shape index (κ1) is 27.6. The number of fused-ring (bicyclic) bond motifs is 1. The fourth-order valence-corrected chi connectivity index (χ4v) is 6.20. The van der Waals surface area contributed by atoms with Crippen LogP contribution in [0, 0.1) is 24.0 Å². The van der Waals surface area contributed by atoms with Gasteiger partial charge in [-0.15, -0.1) is 0 Å². The van der Waals surface area contributed by atoms with Crippen LogP contribution in [0.15, 0.2) is 59.9 Å². The molecule has 3 aromatic heterocycles. The molecule has 4 rings (SSSR count). The second-order valence-corrected chi connectivity index (χ2v) is 13.4. The first-order valence-electron chi connectivity index (χ1n) is 11.4. The van der Waals surface area contributed by atoms with Crippen LogP contribution in [0.4, 0.5) is 14.5 Å². The van der Waals surface area contributed by atoms with Crippen molar-refractivity contribution in [1.82, 2.24) is 13.9 Å². The molecule has 0 saturated carbocycles. The molecule has 0 aliphatic carbocycles. The summed E-state index contributed by atoms with van der Waals surface area (Å²) in [7, 11) is -8.54. The summed E-state index contributed by atoms with van der Waals surface area (Å²) in [6.07, 6.45) is 3.01. The summed E-state index contributed by atoms with van der Waals surface area (Å²) < 4.78 is 89.3. The molecule has 3 heterocycles. The Morgan fingerprint density at radius 3 is 2.29 bits per heavy atom. The van der Waals surface area contributed by atoms with E-state index in [1.807, 2.05) is 6.92 Å². The second-order valence-electron chi connectivity index (χ2n) is 10.0. The van der Waals surface area contributed by atoms with E-state index >= 15 is 0 Å². The lowest BCUT2D eigenvalue weighted by molar-refractivity contribution is 0.351. The largest absolute Gasteiger partial charge is 0.378 e. The maximum atomic E-state index is 14.8. The summed E-state index contributed by atoms with van der Waals surface area (Å²) in [6.45, 7) is 6.96. The first-order valence-corrected chi connectivity index (χ1v) is 14.5. The molecule has 1 unspecified atom stereocenters. The van der Waals surface area contributed by atoms with E-state index in [-0.39, 0.29) is 32.9 Å². The van der Waals surface area contributed by atoms with Crippen molar-refractivity contribution in [3.63, 3.8) is 0 Å². The summed E-state index contributed by atoms with van der Waals surface area (Å²) >= 11 is 0. The van der Waals surface area contributed by atoms with Crippen molar-refractivity contribution in [1.29, 1.82) is 0 Å². The van der Waals surface area contributed by atoms with E-state index < -0.39 is 49.0 Å². The normalized spacial score (nSPS) is 13.6. The average Bonchev–Trinajstić information content (AvgIpc) is 3.18. The third-order valence-corrected chi connectivity index (χ3v) is 8.46. The van der Waals surface area contributed by atoms with Gasteiger partial charge in [0.15, 0.2) is 11.5 Å². The molecule has 13 heteroatoms. The summed E-state index contributed by atoms with van der Waals surface area (Å²) in [5, 5.41) is 2.93. The molecule has 0 radical (unpaired) electrons. The van der Waals surface area contributed by atoms with Crippen molar-refractivity contribution in [2.45, 2.75) is 38.6 Å². The number of nitrogens with one attached hydrogen (secondary N) is 1. The van der Waals surface area contributed by atoms with Gasteiger partial charge >= 0.3 is 0 Å². The maximum Gasteiger partial charge on any atom is 0.269 e. The lowest BCUT2D eigenvalue weighted by Gasteiger charge is -2.31. The number of benzene rings is 1. The number of aryl methyl sites for hydroxylation is 1. The van der Waals surface area contributed by atoms with Crippen LogP contribution in [-0.4, -0.2) is 47.1 Å². The van der Waals surface area contributed by atoms with Crippen LogP contribution >= 0.6 is 0 Å². The molecule has 9 nitrogen and oxygen atoms in total. The van der Waals surface area contributed by atoms with E-state index in [9.17, 15) is 30.2 Å². The second kappa shape index (κ2) is 9.71. The van der Waals surface area contributed by atoms with Gasteiger partial charge in [0.1, 0.15) is 5.82 Å². The van der Waals surface area contributed by atoms with E-state index in [1.54, 1.807) is 32.9 Å². The number of hydrogen-bond donors (Lipinski definition) is 2. The summed E-state index contributed by atoms with van der Waals surface area (Å²) in [4.78, 5) is 8.06. The highest BCUT2D eigenvalue weighted by atomic mass is 32.2. The Kier molecular flexibility index (Phi) is 7.06. The highest BCUT2D eigenvalue weighted by molar-refractivity contribution is 7.90. The highest BCUT2D eigenvalue weighted by Gasteiger charge is 2.30. The van der Waals surface area contributed by atoms with Gasteiger partial charge in [0.25, 0.3) is 20.1 Å². The molecule has 0 spiro atoms. The van der Waals surface area contributed by atoms with E-state index in [2.05, 4.69) is 15.3 Å². The standard InChI is InChI=1S/C25H26F2N4O5S2/c1-15-5-7-17(8-6-15)38(35,36)31-13-19(18-9-16(26)11-29-24(18)31)21-10-22(20(27)12-28-21)30-23(25(2,3)4)14-37(32,33)34/h5-13,23H,14H2,1-4H3,(H,28,30)(H,32,33,34). The van der Waals surface area contributed by atoms with E-state index in [0.29, 0.717) is 0 Å². The van der Waals surface area contributed by atoms with Gasteiger partial charge in [-0.1, -0.05) is 38.5 Å². The van der Waals surface area contributed by atoms with Crippen LogP contribution in [0.1, 0.15) is 26.3 Å². The van der Waals surface area contributed by atoms with Crippen LogP contribution in [0.5, 0.6) is 0 Å². The molecule has 202 valence electrons. The van der Waals surface area contributed by atoms with E-state index in [0.717, 1.165) is 28.0 Å². The van der Waals surface area contributed by atoms with Gasteiger partial charge in [-0.3, -0.25) is 9.54 Å². The smallest absolute Gasteiger partial charge is 0.269 e. The fourth-order valence-electron chi connectivity index (χ4n) is 3.87. The zero-order valence-corrected chi connectivity index (χ0v) is 22.6. The molecule has 0 amide bonds. The van der Waals surface area contributed by atoms with Crippen molar-refractivity contribution in [3.05, 3.63) is 72.2 Å². The predicted octanol–water partition coefficient (Wildman–Crippen LogP) is 4.64. The van der Waals surface area contributed by atoms with Crippen LogP contribution < -0.4 is 5.32 Å². The number of anilines is 1. The first-order chi connectivity index (χ1) is 17.6. The monoisotopic (exact) mass is 564 g/mol. The average molecular weight is 565 g/mol. The molecular formula is C25H26F2N4O5S2. The number of pyridine rings is 2. The molecule has 2 N–H and O–H groups in total. The summed E-state index contributed by atoms with van der Waals surface area (Å²) in [5.74, 6) is -2.21. The van der Waals surface area contributed by atoms with Crippen LogP contribution in [0.2, 0.25) is 0 Å². The van der Waals surface area contributed by atoms with Gasteiger partial charge in [-0.2, -0.15) is 8.42 Å². The molecule has 0 aliphatic heterocycles. The van der Waals surface area contributed by atoms with Gasteiger partial charge < -0.3 is 5.32 Å². The Labute approximate surface area is 219 Å². The van der Waals surface area contributed by atoms with Crippen molar-refractivity contribution >= 4 is 36.9 Å².